The lowest BCUT2D eigenvalue weighted by molar-refractivity contribution is -0.136. The Morgan fingerprint density at radius 1 is 1.03 bits per heavy atom. The van der Waals surface area contributed by atoms with Gasteiger partial charge in [0.25, 0.3) is 0 Å². The molecule has 4 nitrogen and oxygen atoms in total. The second-order valence-electron chi connectivity index (χ2n) is 8.58. The van der Waals surface area contributed by atoms with E-state index in [0.29, 0.717) is 12.6 Å². The number of hydrogen-bond acceptors (Lipinski definition) is 4. The maximum absolute atomic E-state index is 11.2. The van der Waals surface area contributed by atoms with E-state index in [1.165, 1.54) is 35.1 Å². The van der Waals surface area contributed by atoms with Gasteiger partial charge in [0, 0.05) is 18.0 Å². The Balaban J connectivity index is 1.69. The zero-order valence-corrected chi connectivity index (χ0v) is 19.1. The largest absolute Gasteiger partial charge is 0.481 e. The van der Waals surface area contributed by atoms with Crippen LogP contribution in [0.1, 0.15) is 66.0 Å². The zero-order valence-electron chi connectivity index (χ0n) is 18.3. The highest BCUT2D eigenvalue weighted by molar-refractivity contribution is 7.13. The van der Waals surface area contributed by atoms with Gasteiger partial charge in [0.2, 0.25) is 0 Å². The van der Waals surface area contributed by atoms with E-state index >= 15 is 0 Å². The first-order valence-corrected chi connectivity index (χ1v) is 12.0. The van der Waals surface area contributed by atoms with Crippen molar-refractivity contribution < 1.29 is 9.90 Å². The molecule has 0 unspecified atom stereocenters. The number of carboxylic acid groups (broad SMARTS) is 1. The van der Waals surface area contributed by atoms with Crippen LogP contribution < -0.4 is 4.90 Å². The summed E-state index contributed by atoms with van der Waals surface area (Å²) in [4.78, 5) is 18.6. The average Bonchev–Trinajstić information content (AvgIpc) is 3.44. The van der Waals surface area contributed by atoms with Crippen molar-refractivity contribution in [1.82, 2.24) is 4.98 Å². The van der Waals surface area contributed by atoms with Gasteiger partial charge in [-0.05, 0) is 37.8 Å². The predicted octanol–water partition coefficient (Wildman–Crippen LogP) is 6.16. The predicted molar refractivity (Wildman–Crippen MR) is 127 cm³/mol. The highest BCUT2D eigenvalue weighted by Gasteiger charge is 2.27. The molecule has 1 saturated carbocycles. The number of hydrogen-bond donors (Lipinski definition) is 1. The third-order valence-electron chi connectivity index (χ3n) is 6.20. The van der Waals surface area contributed by atoms with E-state index < -0.39 is 5.97 Å². The molecule has 0 saturated heterocycles. The van der Waals surface area contributed by atoms with Gasteiger partial charge in [-0.15, -0.1) is 11.3 Å². The maximum Gasteiger partial charge on any atom is 0.305 e. The van der Waals surface area contributed by atoms with Gasteiger partial charge in [-0.25, -0.2) is 4.98 Å². The second kappa shape index (κ2) is 9.65. The highest BCUT2D eigenvalue weighted by atomic mass is 32.1. The van der Waals surface area contributed by atoms with Crippen molar-refractivity contribution >= 4 is 22.4 Å². The molecule has 1 aromatic heterocycles. The molecule has 1 aliphatic carbocycles. The molecule has 1 aliphatic rings. The number of anilines is 1. The molecule has 0 aliphatic heterocycles. The second-order valence-corrected chi connectivity index (χ2v) is 9.42. The molecule has 0 amide bonds. The Kier molecular flexibility index (Phi) is 6.71. The number of carbonyl (C=O) groups is 1. The molecule has 31 heavy (non-hydrogen) atoms. The first kappa shape index (κ1) is 21.6. The summed E-state index contributed by atoms with van der Waals surface area (Å²) in [6.45, 7) is 4.73. The lowest BCUT2D eigenvalue weighted by Crippen LogP contribution is -2.35. The molecule has 162 valence electrons. The molecule has 3 aromatic rings. The minimum atomic E-state index is -0.753. The van der Waals surface area contributed by atoms with E-state index in [1.54, 1.807) is 11.3 Å². The van der Waals surface area contributed by atoms with Crippen molar-refractivity contribution in [3.63, 3.8) is 0 Å². The van der Waals surface area contributed by atoms with E-state index in [2.05, 4.69) is 72.7 Å². The van der Waals surface area contributed by atoms with E-state index in [0.717, 1.165) is 23.7 Å². The Hall–Kier alpha value is -2.66. The first-order valence-electron chi connectivity index (χ1n) is 11.1. The fraction of sp³-hybridized carbons (Fsp3) is 0.385. The van der Waals surface area contributed by atoms with Gasteiger partial charge >= 0.3 is 5.97 Å². The fourth-order valence-electron chi connectivity index (χ4n) is 4.46. The summed E-state index contributed by atoms with van der Waals surface area (Å²) in [6, 6.07) is 17.8. The third-order valence-corrected chi connectivity index (χ3v) is 7.10. The number of rotatable bonds is 8. The molecular weight excluding hydrogens is 404 g/mol. The van der Waals surface area contributed by atoms with Crippen LogP contribution in [0.2, 0.25) is 0 Å². The summed E-state index contributed by atoms with van der Waals surface area (Å²) >= 11 is 1.64. The van der Waals surface area contributed by atoms with Crippen LogP contribution in [0.3, 0.4) is 0 Å². The van der Waals surface area contributed by atoms with Gasteiger partial charge in [0.1, 0.15) is 0 Å². The Morgan fingerprint density at radius 3 is 2.10 bits per heavy atom. The van der Waals surface area contributed by atoms with Crippen molar-refractivity contribution in [3.05, 3.63) is 81.9 Å². The molecule has 1 heterocycles. The summed E-state index contributed by atoms with van der Waals surface area (Å²) in [5.41, 5.74) is 5.97. The Morgan fingerprint density at radius 2 is 1.58 bits per heavy atom. The lowest BCUT2D eigenvalue weighted by Gasteiger charge is -2.28. The van der Waals surface area contributed by atoms with Crippen LogP contribution >= 0.6 is 11.3 Å². The quantitative estimate of drug-likeness (QED) is 0.461. The van der Waals surface area contributed by atoms with E-state index in [9.17, 15) is 9.90 Å². The minimum absolute atomic E-state index is 0.0658. The summed E-state index contributed by atoms with van der Waals surface area (Å²) in [5.74, 6) is -0.687. The Labute approximate surface area is 188 Å². The molecule has 0 bridgehead atoms. The van der Waals surface area contributed by atoms with Gasteiger partial charge < -0.3 is 10.0 Å². The van der Waals surface area contributed by atoms with Crippen LogP contribution in [-0.2, 0) is 4.79 Å². The third kappa shape index (κ3) is 5.16. The average molecular weight is 435 g/mol. The number of thiazole rings is 1. The molecule has 5 heteroatoms. The monoisotopic (exact) mass is 434 g/mol. The smallest absolute Gasteiger partial charge is 0.305 e. The molecule has 4 rings (SSSR count). The SMILES string of the molecule is Cc1ccc(C(c2ccc(C)cc2)c2csc(N(CCC(=O)O)C3CCCC3)n2)cc1. The fourth-order valence-corrected chi connectivity index (χ4v) is 5.41. The van der Waals surface area contributed by atoms with Crippen LogP contribution in [0.5, 0.6) is 0 Å². The zero-order chi connectivity index (χ0) is 21.8. The van der Waals surface area contributed by atoms with Crippen molar-refractivity contribution in [3.8, 4) is 0 Å². The Bertz CT molecular complexity index is 959. The number of aliphatic carboxylic acids is 1. The molecule has 1 N–H and O–H groups in total. The van der Waals surface area contributed by atoms with Crippen LogP contribution in [0.15, 0.2) is 53.9 Å². The van der Waals surface area contributed by atoms with E-state index in [-0.39, 0.29) is 12.3 Å². The van der Waals surface area contributed by atoms with E-state index in [1.807, 2.05) is 0 Å². The van der Waals surface area contributed by atoms with E-state index in [4.69, 9.17) is 4.98 Å². The van der Waals surface area contributed by atoms with Crippen molar-refractivity contribution in [2.24, 2.45) is 0 Å². The van der Waals surface area contributed by atoms with Crippen molar-refractivity contribution in [1.29, 1.82) is 0 Å². The van der Waals surface area contributed by atoms with Gasteiger partial charge in [0.15, 0.2) is 5.13 Å². The van der Waals surface area contributed by atoms with Crippen LogP contribution in [0, 0.1) is 13.8 Å². The van der Waals surface area contributed by atoms with Crippen LogP contribution in [-0.4, -0.2) is 28.6 Å². The number of carboxylic acids is 1. The first-order chi connectivity index (χ1) is 15.0. The van der Waals surface area contributed by atoms with Crippen LogP contribution in [0.25, 0.3) is 0 Å². The maximum atomic E-state index is 11.2. The van der Waals surface area contributed by atoms with Gasteiger partial charge in [0.05, 0.1) is 18.0 Å². The normalized spacial score (nSPS) is 14.3. The number of aromatic nitrogens is 1. The summed E-state index contributed by atoms with van der Waals surface area (Å²) in [6.07, 6.45) is 4.80. The molecule has 0 radical (unpaired) electrons. The molecule has 0 spiro atoms. The summed E-state index contributed by atoms with van der Waals surface area (Å²) in [7, 11) is 0. The topological polar surface area (TPSA) is 53.4 Å². The minimum Gasteiger partial charge on any atom is -0.481 e. The van der Waals surface area contributed by atoms with Crippen molar-refractivity contribution in [2.75, 3.05) is 11.4 Å². The summed E-state index contributed by atoms with van der Waals surface area (Å²) in [5, 5.41) is 12.4. The highest BCUT2D eigenvalue weighted by Crippen LogP contribution is 2.37. The number of nitrogens with zero attached hydrogens (tertiary/aromatic N) is 2. The van der Waals surface area contributed by atoms with Gasteiger partial charge in [-0.3, -0.25) is 4.79 Å². The molecule has 0 atom stereocenters. The summed E-state index contributed by atoms with van der Waals surface area (Å²) < 4.78 is 0. The molecule has 1 fully saturated rings. The lowest BCUT2D eigenvalue weighted by atomic mass is 9.88. The van der Waals surface area contributed by atoms with Gasteiger partial charge in [-0.1, -0.05) is 72.5 Å². The van der Waals surface area contributed by atoms with Gasteiger partial charge in [-0.2, -0.15) is 0 Å². The number of benzene rings is 2. The number of aryl methyl sites for hydroxylation is 2. The van der Waals surface area contributed by atoms with Crippen molar-refractivity contribution in [2.45, 2.75) is 57.9 Å². The van der Waals surface area contributed by atoms with Crippen LogP contribution in [0.4, 0.5) is 5.13 Å². The molecular formula is C26H30N2O2S. The molecule has 2 aromatic carbocycles. The standard InChI is InChI=1S/C26H30N2O2S/c1-18-7-11-20(12-8-18)25(21-13-9-19(2)10-14-21)23-17-31-26(27-23)28(16-15-24(29)30)22-5-3-4-6-22/h7-14,17,22,25H,3-6,15-16H2,1-2H3,(H,29,30).